The minimum atomic E-state index is -3.79. The molecule has 1 fully saturated rings. The lowest BCUT2D eigenvalue weighted by atomic mass is 9.89. The van der Waals surface area contributed by atoms with Gasteiger partial charge >= 0.3 is 0 Å². The highest BCUT2D eigenvalue weighted by molar-refractivity contribution is 7.85. The SMILES string of the molecule is CN=C1CCC(CS(=O)(=O)O)CC1. The lowest BCUT2D eigenvalue weighted by Gasteiger charge is -2.21. The van der Waals surface area contributed by atoms with Crippen molar-refractivity contribution in [3.63, 3.8) is 0 Å². The van der Waals surface area contributed by atoms with E-state index in [1.165, 1.54) is 0 Å². The number of hydrogen-bond donors (Lipinski definition) is 1. The summed E-state index contributed by atoms with van der Waals surface area (Å²) in [5, 5.41) is 0. The normalized spacial score (nSPS) is 24.5. The number of aliphatic imine (C=N–C) groups is 1. The van der Waals surface area contributed by atoms with Crippen LogP contribution in [0.25, 0.3) is 0 Å². The quantitative estimate of drug-likeness (QED) is 0.687. The molecular weight excluding hydrogens is 190 g/mol. The lowest BCUT2D eigenvalue weighted by molar-refractivity contribution is 0.436. The minimum Gasteiger partial charge on any atom is -0.297 e. The summed E-state index contributed by atoms with van der Waals surface area (Å²) in [5.41, 5.74) is 1.16. The van der Waals surface area contributed by atoms with Gasteiger partial charge in [-0.3, -0.25) is 9.55 Å². The summed E-state index contributed by atoms with van der Waals surface area (Å²) in [6, 6.07) is 0. The summed E-state index contributed by atoms with van der Waals surface area (Å²) < 4.78 is 29.8. The van der Waals surface area contributed by atoms with Crippen molar-refractivity contribution >= 4 is 15.8 Å². The molecule has 0 radical (unpaired) electrons. The van der Waals surface area contributed by atoms with Crippen molar-refractivity contribution in [2.45, 2.75) is 25.7 Å². The van der Waals surface area contributed by atoms with Gasteiger partial charge in [-0.15, -0.1) is 0 Å². The van der Waals surface area contributed by atoms with E-state index in [-0.39, 0.29) is 11.7 Å². The standard InChI is InChI=1S/C8H15NO3S/c1-9-8-4-2-7(3-5-8)6-13(10,11)12/h7H,2-6H2,1H3,(H,10,11,12). The second-order valence-electron chi connectivity index (χ2n) is 3.48. The van der Waals surface area contributed by atoms with Crippen LogP contribution < -0.4 is 0 Å². The molecule has 0 amide bonds. The first-order chi connectivity index (χ1) is 6.01. The van der Waals surface area contributed by atoms with Gasteiger partial charge in [-0.2, -0.15) is 8.42 Å². The predicted molar refractivity (Wildman–Crippen MR) is 51.7 cm³/mol. The topological polar surface area (TPSA) is 66.7 Å². The van der Waals surface area contributed by atoms with Gasteiger partial charge in [0.25, 0.3) is 10.1 Å². The molecule has 0 spiro atoms. The van der Waals surface area contributed by atoms with Crippen LogP contribution in [0.15, 0.2) is 4.99 Å². The minimum absolute atomic E-state index is 0.0933. The van der Waals surface area contributed by atoms with Gasteiger partial charge in [-0.05, 0) is 31.6 Å². The predicted octanol–water partition coefficient (Wildman–Crippen LogP) is 1.14. The van der Waals surface area contributed by atoms with Gasteiger partial charge in [0.1, 0.15) is 0 Å². The molecule has 76 valence electrons. The number of hydrogen-bond acceptors (Lipinski definition) is 3. The Balaban J connectivity index is 2.42. The summed E-state index contributed by atoms with van der Waals surface area (Å²) in [6.07, 6.45) is 3.40. The van der Waals surface area contributed by atoms with Gasteiger partial charge < -0.3 is 0 Å². The molecule has 0 aromatic heterocycles. The monoisotopic (exact) mass is 205 g/mol. The summed E-state index contributed by atoms with van der Waals surface area (Å²) in [7, 11) is -2.03. The van der Waals surface area contributed by atoms with E-state index in [9.17, 15) is 8.42 Å². The molecule has 4 nitrogen and oxygen atoms in total. The number of rotatable bonds is 2. The Bertz CT molecular complexity index is 285. The molecule has 13 heavy (non-hydrogen) atoms. The van der Waals surface area contributed by atoms with Crippen LogP contribution >= 0.6 is 0 Å². The Hall–Kier alpha value is -0.420. The third-order valence-electron chi connectivity index (χ3n) is 2.44. The molecule has 0 atom stereocenters. The number of nitrogens with zero attached hydrogens (tertiary/aromatic N) is 1. The maximum Gasteiger partial charge on any atom is 0.265 e. The molecule has 5 heteroatoms. The highest BCUT2D eigenvalue weighted by atomic mass is 32.2. The molecule has 1 aliphatic carbocycles. The largest absolute Gasteiger partial charge is 0.297 e. The molecule has 1 aliphatic rings. The Kier molecular flexibility index (Phi) is 3.44. The fourth-order valence-electron chi connectivity index (χ4n) is 1.70. The van der Waals surface area contributed by atoms with Gasteiger partial charge in [0.15, 0.2) is 0 Å². The third-order valence-corrected chi connectivity index (χ3v) is 3.34. The highest BCUT2D eigenvalue weighted by Gasteiger charge is 2.21. The Morgan fingerprint density at radius 3 is 2.38 bits per heavy atom. The molecular formula is C8H15NO3S. The molecule has 1 rings (SSSR count). The van der Waals surface area contributed by atoms with Crippen molar-refractivity contribution in [1.82, 2.24) is 0 Å². The molecule has 0 aromatic carbocycles. The second kappa shape index (κ2) is 4.19. The van der Waals surface area contributed by atoms with Crippen molar-refractivity contribution in [3.8, 4) is 0 Å². The van der Waals surface area contributed by atoms with Gasteiger partial charge in [0.2, 0.25) is 0 Å². The van der Waals surface area contributed by atoms with Crippen LogP contribution in [0.1, 0.15) is 25.7 Å². The third kappa shape index (κ3) is 3.87. The first-order valence-electron chi connectivity index (χ1n) is 4.41. The van der Waals surface area contributed by atoms with Crippen LogP contribution in [0.2, 0.25) is 0 Å². The zero-order chi connectivity index (χ0) is 9.90. The van der Waals surface area contributed by atoms with E-state index < -0.39 is 10.1 Å². The molecule has 0 aromatic rings. The van der Waals surface area contributed by atoms with E-state index in [1.807, 2.05) is 0 Å². The molecule has 0 unspecified atom stereocenters. The van der Waals surface area contributed by atoms with Gasteiger partial charge in [0, 0.05) is 12.8 Å². The van der Waals surface area contributed by atoms with Gasteiger partial charge in [-0.1, -0.05) is 0 Å². The average molecular weight is 205 g/mol. The molecule has 0 heterocycles. The lowest BCUT2D eigenvalue weighted by Crippen LogP contribution is -2.21. The van der Waals surface area contributed by atoms with Crippen molar-refractivity contribution in [2.24, 2.45) is 10.9 Å². The summed E-state index contributed by atoms with van der Waals surface area (Å²) in [5.74, 6) is 0.0183. The maximum atomic E-state index is 10.6. The second-order valence-corrected chi connectivity index (χ2v) is 4.98. The van der Waals surface area contributed by atoms with Crippen LogP contribution in [-0.4, -0.2) is 31.5 Å². The summed E-state index contributed by atoms with van der Waals surface area (Å²) in [6.45, 7) is 0. The Morgan fingerprint density at radius 1 is 1.46 bits per heavy atom. The molecule has 0 bridgehead atoms. The molecule has 0 aliphatic heterocycles. The first kappa shape index (κ1) is 10.7. The van der Waals surface area contributed by atoms with E-state index in [4.69, 9.17) is 4.55 Å². The zero-order valence-corrected chi connectivity index (χ0v) is 8.55. The Labute approximate surface area is 78.8 Å². The van der Waals surface area contributed by atoms with Crippen LogP contribution in [-0.2, 0) is 10.1 Å². The van der Waals surface area contributed by atoms with Gasteiger partial charge in [-0.25, -0.2) is 0 Å². The van der Waals surface area contributed by atoms with E-state index in [2.05, 4.69) is 4.99 Å². The van der Waals surface area contributed by atoms with Gasteiger partial charge in [0.05, 0.1) is 5.75 Å². The highest BCUT2D eigenvalue weighted by Crippen LogP contribution is 2.23. The molecule has 1 saturated carbocycles. The van der Waals surface area contributed by atoms with Crippen molar-refractivity contribution < 1.29 is 13.0 Å². The van der Waals surface area contributed by atoms with Crippen LogP contribution in [0, 0.1) is 5.92 Å². The smallest absolute Gasteiger partial charge is 0.265 e. The van der Waals surface area contributed by atoms with Crippen LogP contribution in [0.4, 0.5) is 0 Å². The van der Waals surface area contributed by atoms with Crippen molar-refractivity contribution in [1.29, 1.82) is 0 Å². The fraction of sp³-hybridized carbons (Fsp3) is 0.875. The fourth-order valence-corrected chi connectivity index (χ4v) is 2.63. The van der Waals surface area contributed by atoms with Crippen molar-refractivity contribution in [2.75, 3.05) is 12.8 Å². The van der Waals surface area contributed by atoms with Crippen molar-refractivity contribution in [3.05, 3.63) is 0 Å². The molecule has 0 saturated heterocycles. The average Bonchev–Trinajstić information content (AvgIpc) is 2.03. The van der Waals surface area contributed by atoms with Crippen LogP contribution in [0.5, 0.6) is 0 Å². The zero-order valence-electron chi connectivity index (χ0n) is 7.73. The van der Waals surface area contributed by atoms with E-state index in [0.717, 1.165) is 31.4 Å². The van der Waals surface area contributed by atoms with E-state index >= 15 is 0 Å². The molecule has 1 N–H and O–H groups in total. The summed E-state index contributed by atoms with van der Waals surface area (Å²) >= 11 is 0. The summed E-state index contributed by atoms with van der Waals surface area (Å²) in [4.78, 5) is 4.08. The Morgan fingerprint density at radius 2 is 2.00 bits per heavy atom. The van der Waals surface area contributed by atoms with E-state index in [0.29, 0.717) is 0 Å². The first-order valence-corrected chi connectivity index (χ1v) is 6.02. The maximum absolute atomic E-state index is 10.6. The van der Waals surface area contributed by atoms with E-state index in [1.54, 1.807) is 7.05 Å². The van der Waals surface area contributed by atoms with Crippen LogP contribution in [0.3, 0.4) is 0 Å².